The molecule has 0 unspecified atom stereocenters. The topological polar surface area (TPSA) is 84.7 Å². The van der Waals surface area contributed by atoms with E-state index in [4.69, 9.17) is 10.5 Å². The van der Waals surface area contributed by atoms with Gasteiger partial charge < -0.3 is 20.7 Å². The van der Waals surface area contributed by atoms with Gasteiger partial charge in [0.25, 0.3) is 5.91 Å². The zero-order chi connectivity index (χ0) is 14.5. The number of carbonyl (C=O) groups excluding carboxylic acids is 2. The number of para-hydroxylation sites is 2. The highest BCUT2D eigenvalue weighted by atomic mass is 35.5. The van der Waals surface area contributed by atoms with Crippen LogP contribution in [-0.2, 0) is 9.59 Å². The Kier molecular flexibility index (Phi) is 6.45. The first-order chi connectivity index (χ1) is 9.61. The van der Waals surface area contributed by atoms with Gasteiger partial charge in [0.1, 0.15) is 5.75 Å². The van der Waals surface area contributed by atoms with Gasteiger partial charge >= 0.3 is 0 Å². The minimum absolute atomic E-state index is 0. The van der Waals surface area contributed by atoms with E-state index < -0.39 is 0 Å². The molecule has 0 spiro atoms. The number of ether oxygens (including phenoxy) is 1. The van der Waals surface area contributed by atoms with Crippen molar-refractivity contribution in [2.75, 3.05) is 24.6 Å². The predicted octanol–water partition coefficient (Wildman–Crippen LogP) is 0.687. The van der Waals surface area contributed by atoms with Gasteiger partial charge in [-0.25, -0.2) is 0 Å². The Morgan fingerprint density at radius 2 is 2.19 bits per heavy atom. The summed E-state index contributed by atoms with van der Waals surface area (Å²) >= 11 is 0. The number of hydrogen-bond acceptors (Lipinski definition) is 4. The third kappa shape index (κ3) is 4.34. The highest BCUT2D eigenvalue weighted by molar-refractivity contribution is 5.98. The summed E-state index contributed by atoms with van der Waals surface area (Å²) in [4.78, 5) is 25.2. The molecule has 116 valence electrons. The second-order valence-corrected chi connectivity index (χ2v) is 4.76. The van der Waals surface area contributed by atoms with Crippen molar-refractivity contribution in [2.24, 2.45) is 5.73 Å². The zero-order valence-corrected chi connectivity index (χ0v) is 12.7. The lowest BCUT2D eigenvalue weighted by molar-refractivity contribution is -0.122. The van der Waals surface area contributed by atoms with E-state index >= 15 is 0 Å². The third-order valence-electron chi connectivity index (χ3n) is 3.13. The Balaban J connectivity index is 0.00000220. The maximum absolute atomic E-state index is 11.9. The summed E-state index contributed by atoms with van der Waals surface area (Å²) in [5, 5.41) is 2.77. The molecule has 1 aromatic carbocycles. The molecule has 7 heteroatoms. The number of nitrogens with two attached hydrogens (primary N) is 1. The molecule has 0 aliphatic carbocycles. The predicted molar refractivity (Wildman–Crippen MR) is 82.8 cm³/mol. The van der Waals surface area contributed by atoms with E-state index in [1.807, 2.05) is 31.2 Å². The van der Waals surface area contributed by atoms with Gasteiger partial charge in [0, 0.05) is 25.6 Å². The first kappa shape index (κ1) is 17.3. The van der Waals surface area contributed by atoms with E-state index in [0.29, 0.717) is 24.5 Å². The molecule has 0 aromatic heterocycles. The number of hydrogen-bond donors (Lipinski definition) is 2. The Morgan fingerprint density at radius 3 is 2.90 bits per heavy atom. The molecule has 0 fully saturated rings. The van der Waals surface area contributed by atoms with Gasteiger partial charge in [-0.05, 0) is 19.1 Å². The molecule has 2 amide bonds. The summed E-state index contributed by atoms with van der Waals surface area (Å²) in [5.41, 5.74) is 6.16. The van der Waals surface area contributed by atoms with Gasteiger partial charge in [-0.2, -0.15) is 0 Å². The van der Waals surface area contributed by atoms with Crippen molar-refractivity contribution in [1.82, 2.24) is 5.32 Å². The number of rotatable bonds is 5. The summed E-state index contributed by atoms with van der Waals surface area (Å²) < 4.78 is 5.35. The number of benzene rings is 1. The van der Waals surface area contributed by atoms with Crippen LogP contribution in [0.3, 0.4) is 0 Å². The fraction of sp³-hybridized carbons (Fsp3) is 0.429. The lowest BCUT2D eigenvalue weighted by Crippen LogP contribution is -2.43. The number of nitrogens with zero attached hydrogens (tertiary/aromatic N) is 1. The van der Waals surface area contributed by atoms with Gasteiger partial charge in [-0.1, -0.05) is 12.1 Å². The van der Waals surface area contributed by atoms with Gasteiger partial charge in [0.2, 0.25) is 5.91 Å². The van der Waals surface area contributed by atoms with Crippen LogP contribution in [0.15, 0.2) is 24.3 Å². The molecule has 6 nitrogen and oxygen atoms in total. The van der Waals surface area contributed by atoms with Crippen molar-refractivity contribution in [1.29, 1.82) is 0 Å². The van der Waals surface area contributed by atoms with Gasteiger partial charge in [-0.3, -0.25) is 9.59 Å². The summed E-state index contributed by atoms with van der Waals surface area (Å²) in [6, 6.07) is 7.25. The van der Waals surface area contributed by atoms with Crippen LogP contribution in [0.5, 0.6) is 5.75 Å². The summed E-state index contributed by atoms with van der Waals surface area (Å²) in [5.74, 6) is 0.422. The summed E-state index contributed by atoms with van der Waals surface area (Å²) in [6.07, 6.45) is 0.240. The van der Waals surface area contributed by atoms with Crippen LogP contribution in [0.25, 0.3) is 0 Å². The fourth-order valence-corrected chi connectivity index (χ4v) is 2.02. The first-order valence-corrected chi connectivity index (χ1v) is 6.63. The molecule has 21 heavy (non-hydrogen) atoms. The van der Waals surface area contributed by atoms with Crippen LogP contribution in [0, 0.1) is 0 Å². The molecule has 1 aromatic rings. The molecule has 1 aliphatic rings. The van der Waals surface area contributed by atoms with Crippen molar-refractivity contribution < 1.29 is 14.3 Å². The van der Waals surface area contributed by atoms with Crippen molar-refractivity contribution in [3.05, 3.63) is 24.3 Å². The summed E-state index contributed by atoms with van der Waals surface area (Å²) in [7, 11) is 0. The van der Waals surface area contributed by atoms with Crippen molar-refractivity contribution in [2.45, 2.75) is 19.4 Å². The number of anilines is 1. The third-order valence-corrected chi connectivity index (χ3v) is 3.13. The normalized spacial score (nSPS) is 14.6. The van der Waals surface area contributed by atoms with Crippen LogP contribution >= 0.6 is 12.4 Å². The minimum atomic E-state index is -0.136. The molecule has 3 N–H and O–H groups in total. The average molecular weight is 314 g/mol. The zero-order valence-electron chi connectivity index (χ0n) is 11.9. The highest BCUT2D eigenvalue weighted by Gasteiger charge is 2.25. The first-order valence-electron chi connectivity index (χ1n) is 6.63. The second kappa shape index (κ2) is 7.85. The summed E-state index contributed by atoms with van der Waals surface area (Å²) in [6.45, 7) is 2.58. The van der Waals surface area contributed by atoms with Crippen LogP contribution < -0.4 is 20.7 Å². The van der Waals surface area contributed by atoms with Gasteiger partial charge in [-0.15, -0.1) is 12.4 Å². The number of halogens is 1. The average Bonchev–Trinajstić information content (AvgIpc) is 2.46. The van der Waals surface area contributed by atoms with Crippen molar-refractivity contribution in [3.63, 3.8) is 0 Å². The second-order valence-electron chi connectivity index (χ2n) is 4.76. The number of nitrogens with one attached hydrogen (secondary N) is 1. The van der Waals surface area contributed by atoms with E-state index in [-0.39, 0.29) is 43.3 Å². The van der Waals surface area contributed by atoms with E-state index in [9.17, 15) is 9.59 Å². The van der Waals surface area contributed by atoms with Gasteiger partial charge in [0.05, 0.1) is 5.69 Å². The number of fused-ring (bicyclic) bond motifs is 1. The molecule has 1 heterocycles. The van der Waals surface area contributed by atoms with E-state index in [1.54, 1.807) is 4.90 Å². The molecule has 1 aliphatic heterocycles. The van der Waals surface area contributed by atoms with Gasteiger partial charge in [0.15, 0.2) is 6.61 Å². The molecule has 0 radical (unpaired) electrons. The Bertz CT molecular complexity index is 510. The minimum Gasteiger partial charge on any atom is -0.482 e. The number of amides is 2. The largest absolute Gasteiger partial charge is 0.482 e. The maximum atomic E-state index is 11.9. The molecule has 0 saturated carbocycles. The van der Waals surface area contributed by atoms with Crippen LogP contribution in [0.2, 0.25) is 0 Å². The monoisotopic (exact) mass is 313 g/mol. The molecular formula is C14H20ClN3O3. The molecular weight excluding hydrogens is 294 g/mol. The van der Waals surface area contributed by atoms with E-state index in [0.717, 1.165) is 0 Å². The van der Waals surface area contributed by atoms with Crippen LogP contribution in [0.1, 0.15) is 13.3 Å². The molecule has 2 rings (SSSR count). The van der Waals surface area contributed by atoms with Crippen molar-refractivity contribution in [3.8, 4) is 5.75 Å². The van der Waals surface area contributed by atoms with E-state index in [2.05, 4.69) is 5.32 Å². The number of carbonyl (C=O) groups is 2. The Hall–Kier alpha value is -1.79. The van der Waals surface area contributed by atoms with Crippen LogP contribution in [-0.4, -0.2) is 37.6 Å². The molecule has 1 atom stereocenters. The Morgan fingerprint density at radius 1 is 1.48 bits per heavy atom. The molecule has 0 bridgehead atoms. The quantitative estimate of drug-likeness (QED) is 0.837. The SMILES string of the molecule is C[C@@H](CN)NC(=O)CCN1C(=O)COc2ccccc21.Cl. The lowest BCUT2D eigenvalue weighted by Gasteiger charge is -2.29. The Labute approximate surface area is 130 Å². The van der Waals surface area contributed by atoms with Crippen LogP contribution in [0.4, 0.5) is 5.69 Å². The smallest absolute Gasteiger partial charge is 0.265 e. The van der Waals surface area contributed by atoms with Crippen molar-refractivity contribution >= 4 is 29.9 Å². The fourth-order valence-electron chi connectivity index (χ4n) is 2.02. The van der Waals surface area contributed by atoms with E-state index in [1.165, 1.54) is 0 Å². The molecule has 0 saturated heterocycles. The highest BCUT2D eigenvalue weighted by Crippen LogP contribution is 2.31. The lowest BCUT2D eigenvalue weighted by atomic mass is 10.2. The standard InChI is InChI=1S/C14H19N3O3.ClH/c1-10(8-15)16-13(18)6-7-17-11-4-2-3-5-12(11)20-9-14(17)19;/h2-5,10H,6-9,15H2,1H3,(H,16,18);1H/t10-;/m0./s1. The maximum Gasteiger partial charge on any atom is 0.265 e.